The van der Waals surface area contributed by atoms with E-state index in [-0.39, 0.29) is 25.2 Å². The van der Waals surface area contributed by atoms with Gasteiger partial charge in [-0.25, -0.2) is 22.7 Å². The minimum Gasteiger partial charge on any atom is -0.481 e. The third kappa shape index (κ3) is 16.3. The molecule has 0 radical (unpaired) electrons. The largest absolute Gasteiger partial charge is 0.481 e. The number of carbonyl (C=O) groups is 3. The van der Waals surface area contributed by atoms with Crippen molar-refractivity contribution in [3.63, 3.8) is 0 Å². The van der Waals surface area contributed by atoms with E-state index >= 15 is 0 Å². The second-order valence-electron chi connectivity index (χ2n) is 11.5. The minimum absolute atomic E-state index is 0.0628. The Hall–Kier alpha value is -3.40. The molecule has 11 nitrogen and oxygen atoms in total. The van der Waals surface area contributed by atoms with Crippen molar-refractivity contribution in [1.82, 2.24) is 10.0 Å². The average molecular weight is 679 g/mol. The molecule has 264 valence electrons. The van der Waals surface area contributed by atoms with Gasteiger partial charge in [-0.05, 0) is 56.7 Å². The highest BCUT2D eigenvalue weighted by Gasteiger charge is 2.46. The molecule has 0 aliphatic carbocycles. The third-order valence-electron chi connectivity index (χ3n) is 7.67. The molecule has 0 saturated carbocycles. The minimum atomic E-state index is -3.30. The van der Waals surface area contributed by atoms with Crippen molar-refractivity contribution in [2.75, 3.05) is 26.0 Å². The summed E-state index contributed by atoms with van der Waals surface area (Å²) < 4.78 is 37.4. The molecular weight excluding hydrogens is 624 g/mol. The smallest absolute Gasteiger partial charge is 0.336 e. The van der Waals surface area contributed by atoms with Crippen molar-refractivity contribution >= 4 is 27.9 Å². The fourth-order valence-corrected chi connectivity index (χ4v) is 6.16. The van der Waals surface area contributed by atoms with Gasteiger partial charge in [-0.1, -0.05) is 82.6 Å². The molecule has 0 aliphatic heterocycles. The number of carbonyl (C=O) groups excluding carboxylic acids is 2. The highest BCUT2D eigenvalue weighted by atomic mass is 32.2. The van der Waals surface area contributed by atoms with Gasteiger partial charge in [0.25, 0.3) is 0 Å². The summed E-state index contributed by atoms with van der Waals surface area (Å²) in [7, 11) is -2.11. The Kier molecular flexibility index (Phi) is 20.4. The number of sulfonamides is 1. The third-order valence-corrected chi connectivity index (χ3v) is 9.14. The van der Waals surface area contributed by atoms with Crippen molar-refractivity contribution in [3.8, 4) is 17.6 Å². The Morgan fingerprint density at radius 2 is 1.68 bits per heavy atom. The van der Waals surface area contributed by atoms with E-state index in [0.717, 1.165) is 32.1 Å². The first-order valence-corrected chi connectivity index (χ1v) is 18.2. The molecular formula is C35H54N2O9S. The van der Waals surface area contributed by atoms with Crippen LogP contribution in [0.2, 0.25) is 0 Å². The molecule has 3 atom stereocenters. The number of unbranched alkanes of at least 4 members (excludes halogenated alkanes) is 7. The maximum absolute atomic E-state index is 13.5. The van der Waals surface area contributed by atoms with Gasteiger partial charge >= 0.3 is 11.9 Å². The van der Waals surface area contributed by atoms with Crippen LogP contribution in [0.1, 0.15) is 97.0 Å². The topological polar surface area (TPSA) is 168 Å². The number of allylic oxidation sites excluding steroid dienone is 1. The number of ether oxygens (including phenoxy) is 2. The standard InChI is InChI=1S/C35H54N2O9S/c1-5-8-10-16-24-36-47(43,44)26-17-14-12-11-13-15-18-30(35(42,23-7-3)34(40)41)32(38)37-31(33(39)45-4)27-28-19-21-29(22-20-28)46-25-9-6-2/h15,18-22,30-31,36,42H,5,7-8,10-14,16-17,23-27H2,1-4H3,(H,37,38)(H,40,41)/b18-15+/t30-,31+,35+/m1/s1. The van der Waals surface area contributed by atoms with Gasteiger partial charge in [0.05, 0.1) is 18.8 Å². The van der Waals surface area contributed by atoms with E-state index in [2.05, 4.69) is 28.8 Å². The summed E-state index contributed by atoms with van der Waals surface area (Å²) >= 11 is 0. The Balaban J connectivity index is 2.85. The van der Waals surface area contributed by atoms with Gasteiger partial charge in [-0.15, -0.1) is 5.92 Å². The highest BCUT2D eigenvalue weighted by Crippen LogP contribution is 2.27. The number of carboxylic acids is 1. The molecule has 0 fully saturated rings. The number of hydrogen-bond acceptors (Lipinski definition) is 8. The number of benzene rings is 1. The molecule has 0 saturated heterocycles. The van der Waals surface area contributed by atoms with E-state index in [0.29, 0.717) is 50.0 Å². The Morgan fingerprint density at radius 1 is 1.00 bits per heavy atom. The number of carboxylic acid groups (broad SMARTS) is 1. The zero-order valence-corrected chi connectivity index (χ0v) is 29.2. The maximum atomic E-state index is 13.5. The molecule has 0 bridgehead atoms. The summed E-state index contributed by atoms with van der Waals surface area (Å²) in [4.78, 5) is 38.4. The fourth-order valence-electron chi connectivity index (χ4n) is 4.98. The van der Waals surface area contributed by atoms with Gasteiger partial charge in [0.2, 0.25) is 15.9 Å². The van der Waals surface area contributed by atoms with Crippen LogP contribution in [-0.2, 0) is 35.6 Å². The van der Waals surface area contributed by atoms with Crippen molar-refractivity contribution in [1.29, 1.82) is 0 Å². The van der Waals surface area contributed by atoms with Crippen molar-refractivity contribution in [3.05, 3.63) is 42.0 Å². The van der Waals surface area contributed by atoms with Gasteiger partial charge in [-0.2, -0.15) is 0 Å². The van der Waals surface area contributed by atoms with Crippen LogP contribution in [0, 0.1) is 17.8 Å². The molecule has 1 aromatic rings. The van der Waals surface area contributed by atoms with Crippen LogP contribution in [0.15, 0.2) is 36.4 Å². The van der Waals surface area contributed by atoms with Gasteiger partial charge in [0.1, 0.15) is 18.4 Å². The average Bonchev–Trinajstić information content (AvgIpc) is 3.04. The molecule has 12 heteroatoms. The van der Waals surface area contributed by atoms with Crippen LogP contribution >= 0.6 is 0 Å². The molecule has 47 heavy (non-hydrogen) atoms. The van der Waals surface area contributed by atoms with E-state index in [1.807, 2.05) is 0 Å². The molecule has 1 rings (SSSR count). The molecule has 4 N–H and O–H groups in total. The van der Waals surface area contributed by atoms with Gasteiger partial charge in [-0.3, -0.25) is 4.79 Å². The van der Waals surface area contributed by atoms with Crippen molar-refractivity contribution < 1.29 is 42.5 Å². The first kappa shape index (κ1) is 41.6. The van der Waals surface area contributed by atoms with Crippen LogP contribution in [0.3, 0.4) is 0 Å². The Labute approximate surface area is 280 Å². The molecule has 0 spiro atoms. The lowest BCUT2D eigenvalue weighted by molar-refractivity contribution is -0.167. The quantitative estimate of drug-likeness (QED) is 0.0503. The van der Waals surface area contributed by atoms with Gasteiger partial charge in [0, 0.05) is 13.0 Å². The summed E-state index contributed by atoms with van der Waals surface area (Å²) in [6.07, 6.45) is 10.4. The van der Waals surface area contributed by atoms with Crippen molar-refractivity contribution in [2.24, 2.45) is 5.92 Å². The SMILES string of the molecule is CC#CCOc1ccc(C[C@H](NC(=O)[C@@H](/C=C/CCCCCCS(=O)(=O)NCCCCCC)[C@@](O)(CCC)C(=O)O)C(=O)OC)cc1. The zero-order chi connectivity index (χ0) is 35.1. The van der Waals surface area contributed by atoms with Crippen LogP contribution in [-0.4, -0.2) is 74.1 Å². The van der Waals surface area contributed by atoms with Crippen LogP contribution in [0.4, 0.5) is 0 Å². The number of esters is 1. The second-order valence-corrected chi connectivity index (χ2v) is 13.4. The Bertz CT molecular complexity index is 1290. The highest BCUT2D eigenvalue weighted by molar-refractivity contribution is 7.89. The summed E-state index contributed by atoms with van der Waals surface area (Å²) in [6.45, 7) is 6.21. The van der Waals surface area contributed by atoms with E-state index < -0.39 is 45.4 Å². The summed E-state index contributed by atoms with van der Waals surface area (Å²) in [5.74, 6) is 1.64. The molecule has 1 aromatic carbocycles. The van der Waals surface area contributed by atoms with E-state index in [4.69, 9.17) is 9.47 Å². The maximum Gasteiger partial charge on any atom is 0.336 e. The number of aliphatic hydroxyl groups is 1. The predicted molar refractivity (Wildman–Crippen MR) is 182 cm³/mol. The molecule has 0 unspecified atom stereocenters. The lowest BCUT2D eigenvalue weighted by Crippen LogP contribution is -2.54. The normalized spacial score (nSPS) is 14.0. The first-order valence-electron chi connectivity index (χ1n) is 16.5. The zero-order valence-electron chi connectivity index (χ0n) is 28.4. The molecule has 0 heterocycles. The lowest BCUT2D eigenvalue weighted by atomic mass is 9.82. The summed E-state index contributed by atoms with van der Waals surface area (Å²) in [6, 6.07) is 5.76. The lowest BCUT2D eigenvalue weighted by Gasteiger charge is -2.30. The van der Waals surface area contributed by atoms with Crippen molar-refractivity contribution in [2.45, 2.75) is 109 Å². The van der Waals surface area contributed by atoms with Crippen LogP contribution in [0.25, 0.3) is 0 Å². The second kappa shape index (κ2) is 23.0. The van der Waals surface area contributed by atoms with E-state index in [9.17, 15) is 33.0 Å². The molecule has 0 aromatic heterocycles. The van der Waals surface area contributed by atoms with Gasteiger partial charge < -0.3 is 25.0 Å². The first-order chi connectivity index (χ1) is 22.4. The van der Waals surface area contributed by atoms with Crippen LogP contribution in [0.5, 0.6) is 5.75 Å². The Morgan fingerprint density at radius 3 is 2.30 bits per heavy atom. The summed E-state index contributed by atoms with van der Waals surface area (Å²) in [5, 5.41) is 23.7. The molecule has 1 amide bonds. The number of rotatable bonds is 25. The number of hydrogen-bond donors (Lipinski definition) is 4. The number of nitrogens with one attached hydrogen (secondary N) is 2. The predicted octanol–water partition coefficient (Wildman–Crippen LogP) is 4.53. The number of amides is 1. The van der Waals surface area contributed by atoms with E-state index in [1.165, 1.54) is 13.2 Å². The van der Waals surface area contributed by atoms with E-state index in [1.54, 1.807) is 44.2 Å². The summed E-state index contributed by atoms with van der Waals surface area (Å²) in [5.41, 5.74) is -1.70. The fraction of sp³-hybridized carbons (Fsp3) is 0.629. The molecule has 0 aliphatic rings. The monoisotopic (exact) mass is 678 g/mol. The number of aliphatic carboxylic acids is 1. The number of methoxy groups -OCH3 is 1. The van der Waals surface area contributed by atoms with Crippen LogP contribution < -0.4 is 14.8 Å². The van der Waals surface area contributed by atoms with Gasteiger partial charge in [0.15, 0.2) is 5.60 Å².